The first-order valence-corrected chi connectivity index (χ1v) is 8.07. The molecule has 0 bridgehead atoms. The van der Waals surface area contributed by atoms with Gasteiger partial charge in [0.1, 0.15) is 0 Å². The van der Waals surface area contributed by atoms with E-state index < -0.39 is 0 Å². The molecule has 0 saturated heterocycles. The van der Waals surface area contributed by atoms with Crippen molar-refractivity contribution in [3.63, 3.8) is 0 Å². The van der Waals surface area contributed by atoms with Crippen LogP contribution in [-0.4, -0.2) is 23.3 Å². The highest BCUT2D eigenvalue weighted by atomic mass is 32.2. The van der Waals surface area contributed by atoms with Crippen molar-refractivity contribution in [2.75, 3.05) is 13.1 Å². The average Bonchev–Trinajstić information content (AvgIpc) is 2.94. The number of hydrogen-bond acceptors (Lipinski definition) is 5. The monoisotopic (exact) mass is 291 g/mol. The summed E-state index contributed by atoms with van der Waals surface area (Å²) in [6, 6.07) is 10.2. The van der Waals surface area contributed by atoms with Gasteiger partial charge in [0.2, 0.25) is 11.8 Å². The Hall–Kier alpha value is -1.33. The van der Waals surface area contributed by atoms with Crippen molar-refractivity contribution in [1.29, 1.82) is 0 Å². The minimum absolute atomic E-state index is 0.704. The summed E-state index contributed by atoms with van der Waals surface area (Å²) in [7, 11) is 0. The Bertz CT molecular complexity index is 487. The van der Waals surface area contributed by atoms with Crippen LogP contribution in [0.1, 0.15) is 31.5 Å². The summed E-state index contributed by atoms with van der Waals surface area (Å²) in [5.41, 5.74) is 0. The van der Waals surface area contributed by atoms with E-state index in [1.807, 2.05) is 18.2 Å². The molecule has 0 unspecified atom stereocenters. The number of aryl methyl sites for hydroxylation is 1. The first-order chi connectivity index (χ1) is 9.88. The molecule has 1 aromatic heterocycles. The van der Waals surface area contributed by atoms with Crippen molar-refractivity contribution in [3.8, 4) is 0 Å². The zero-order valence-corrected chi connectivity index (χ0v) is 12.7. The Labute approximate surface area is 124 Å². The van der Waals surface area contributed by atoms with Crippen LogP contribution in [0.2, 0.25) is 0 Å². The second-order valence-electron chi connectivity index (χ2n) is 4.54. The molecule has 0 saturated carbocycles. The molecule has 0 radical (unpaired) electrons. The van der Waals surface area contributed by atoms with Gasteiger partial charge >= 0.3 is 0 Å². The van der Waals surface area contributed by atoms with E-state index >= 15 is 0 Å². The second-order valence-corrected chi connectivity index (χ2v) is 5.59. The van der Waals surface area contributed by atoms with Crippen molar-refractivity contribution < 1.29 is 4.42 Å². The van der Waals surface area contributed by atoms with E-state index in [1.54, 1.807) is 11.8 Å². The van der Waals surface area contributed by atoms with Crippen molar-refractivity contribution in [1.82, 2.24) is 15.5 Å². The lowest BCUT2D eigenvalue weighted by Gasteiger charge is -2.00. The lowest BCUT2D eigenvalue weighted by atomic mass is 10.3. The van der Waals surface area contributed by atoms with Gasteiger partial charge in [-0.15, -0.1) is 22.0 Å². The van der Waals surface area contributed by atoms with Crippen molar-refractivity contribution in [2.45, 2.75) is 36.8 Å². The smallest absolute Gasteiger partial charge is 0.226 e. The fourth-order valence-corrected chi connectivity index (χ4v) is 2.53. The van der Waals surface area contributed by atoms with Gasteiger partial charge in [-0.1, -0.05) is 25.1 Å². The molecule has 20 heavy (non-hydrogen) atoms. The highest BCUT2D eigenvalue weighted by Crippen LogP contribution is 2.21. The summed E-state index contributed by atoms with van der Waals surface area (Å²) in [6.07, 6.45) is 3.05. The molecule has 1 aromatic carbocycles. The Kier molecular flexibility index (Phi) is 6.60. The number of hydrogen-bond donors (Lipinski definition) is 1. The quantitative estimate of drug-likeness (QED) is 0.567. The van der Waals surface area contributed by atoms with Crippen molar-refractivity contribution >= 4 is 11.8 Å². The van der Waals surface area contributed by atoms with E-state index in [1.165, 1.54) is 11.3 Å². The molecule has 0 aliphatic carbocycles. The van der Waals surface area contributed by atoms with E-state index in [0.717, 1.165) is 37.6 Å². The molecule has 1 N–H and O–H groups in total. The molecule has 0 fully saturated rings. The molecule has 2 aromatic rings. The lowest BCUT2D eigenvalue weighted by Crippen LogP contribution is -2.16. The minimum atomic E-state index is 0.704. The summed E-state index contributed by atoms with van der Waals surface area (Å²) in [4.78, 5) is 1.22. The van der Waals surface area contributed by atoms with Gasteiger partial charge in [-0.2, -0.15) is 0 Å². The van der Waals surface area contributed by atoms with Crippen LogP contribution in [0.5, 0.6) is 0 Å². The maximum atomic E-state index is 5.64. The van der Waals surface area contributed by atoms with Crippen molar-refractivity contribution in [2.24, 2.45) is 0 Å². The molecule has 0 atom stereocenters. The van der Waals surface area contributed by atoms with Gasteiger partial charge in [0.05, 0.1) is 5.75 Å². The fourth-order valence-electron chi connectivity index (χ4n) is 1.78. The number of aromatic nitrogens is 2. The van der Waals surface area contributed by atoms with Gasteiger partial charge in [-0.05, 0) is 38.1 Å². The molecule has 4 nitrogen and oxygen atoms in total. The highest BCUT2D eigenvalue weighted by Gasteiger charge is 2.06. The van der Waals surface area contributed by atoms with Crippen molar-refractivity contribution in [3.05, 3.63) is 42.1 Å². The Morgan fingerprint density at radius 2 is 1.90 bits per heavy atom. The normalized spacial score (nSPS) is 10.8. The van der Waals surface area contributed by atoms with Crippen LogP contribution in [0.15, 0.2) is 39.6 Å². The molecule has 2 rings (SSSR count). The van der Waals surface area contributed by atoms with Crippen LogP contribution in [0, 0.1) is 0 Å². The van der Waals surface area contributed by atoms with Crippen LogP contribution in [0.4, 0.5) is 0 Å². The van der Waals surface area contributed by atoms with Gasteiger partial charge in [-0.3, -0.25) is 0 Å². The lowest BCUT2D eigenvalue weighted by molar-refractivity contribution is 0.455. The first-order valence-electron chi connectivity index (χ1n) is 7.08. The van der Waals surface area contributed by atoms with E-state index in [4.69, 9.17) is 4.42 Å². The summed E-state index contributed by atoms with van der Waals surface area (Å²) < 4.78 is 5.64. The van der Waals surface area contributed by atoms with Gasteiger partial charge in [0.25, 0.3) is 0 Å². The molecular weight excluding hydrogens is 270 g/mol. The van der Waals surface area contributed by atoms with Gasteiger partial charge in [0.15, 0.2) is 0 Å². The van der Waals surface area contributed by atoms with Gasteiger partial charge < -0.3 is 9.73 Å². The highest BCUT2D eigenvalue weighted by molar-refractivity contribution is 7.98. The molecular formula is C15H21N3OS. The fraction of sp³-hybridized carbons (Fsp3) is 0.467. The van der Waals surface area contributed by atoms with E-state index in [2.05, 4.69) is 34.6 Å². The molecule has 1 heterocycles. The Balaban J connectivity index is 1.69. The third-order valence-electron chi connectivity index (χ3n) is 2.79. The van der Waals surface area contributed by atoms with Gasteiger partial charge in [-0.25, -0.2) is 0 Å². The number of nitrogens with zero attached hydrogens (tertiary/aromatic N) is 2. The van der Waals surface area contributed by atoms with Crippen LogP contribution in [0.3, 0.4) is 0 Å². The average molecular weight is 291 g/mol. The molecule has 0 aliphatic rings. The largest absolute Gasteiger partial charge is 0.424 e. The van der Waals surface area contributed by atoms with Gasteiger partial charge in [0, 0.05) is 11.3 Å². The second kappa shape index (κ2) is 8.76. The predicted octanol–water partition coefficient (Wildman–Crippen LogP) is 3.29. The maximum Gasteiger partial charge on any atom is 0.226 e. The third kappa shape index (κ3) is 5.35. The van der Waals surface area contributed by atoms with Crippen LogP contribution in [-0.2, 0) is 12.2 Å². The summed E-state index contributed by atoms with van der Waals surface area (Å²) >= 11 is 1.71. The summed E-state index contributed by atoms with van der Waals surface area (Å²) in [6.45, 7) is 4.24. The van der Waals surface area contributed by atoms with E-state index in [9.17, 15) is 0 Å². The molecule has 0 aliphatic heterocycles. The topological polar surface area (TPSA) is 51.0 Å². The standard InChI is InChI=1S/C15H21N3OS/c1-2-10-16-11-6-9-14-17-18-15(19-14)12-20-13-7-4-3-5-8-13/h3-5,7-8,16H,2,6,9-12H2,1H3. The number of benzene rings is 1. The summed E-state index contributed by atoms with van der Waals surface area (Å²) in [5, 5.41) is 11.5. The predicted molar refractivity (Wildman–Crippen MR) is 81.8 cm³/mol. The summed E-state index contributed by atoms with van der Waals surface area (Å²) in [5.74, 6) is 2.17. The Morgan fingerprint density at radius 1 is 1.10 bits per heavy atom. The molecule has 0 amide bonds. The zero-order valence-electron chi connectivity index (χ0n) is 11.8. The molecule has 5 heteroatoms. The Morgan fingerprint density at radius 3 is 2.70 bits per heavy atom. The first kappa shape index (κ1) is 15.1. The minimum Gasteiger partial charge on any atom is -0.424 e. The zero-order chi connectivity index (χ0) is 14.0. The maximum absolute atomic E-state index is 5.64. The van der Waals surface area contributed by atoms with E-state index in [0.29, 0.717) is 5.89 Å². The van der Waals surface area contributed by atoms with E-state index in [-0.39, 0.29) is 0 Å². The van der Waals surface area contributed by atoms with Crippen LogP contribution >= 0.6 is 11.8 Å². The number of nitrogens with one attached hydrogen (secondary N) is 1. The number of rotatable bonds is 9. The van der Waals surface area contributed by atoms with Crippen LogP contribution < -0.4 is 5.32 Å². The number of thioether (sulfide) groups is 1. The molecule has 0 spiro atoms. The molecule has 108 valence electrons. The van der Waals surface area contributed by atoms with Crippen LogP contribution in [0.25, 0.3) is 0 Å². The third-order valence-corrected chi connectivity index (χ3v) is 3.78. The SMILES string of the molecule is CCCNCCCc1nnc(CSc2ccccc2)o1.